The molecule has 0 saturated carbocycles. The first-order valence-corrected chi connectivity index (χ1v) is 8.31. The molecule has 1 amide bonds. The highest BCUT2D eigenvalue weighted by atomic mass is 127. The first-order valence-electron chi connectivity index (χ1n) is 8.31. The van der Waals surface area contributed by atoms with Crippen molar-refractivity contribution in [2.24, 2.45) is 4.99 Å². The van der Waals surface area contributed by atoms with E-state index >= 15 is 0 Å². The van der Waals surface area contributed by atoms with Gasteiger partial charge in [-0.2, -0.15) is 8.78 Å². The predicted octanol–water partition coefficient (Wildman–Crippen LogP) is 3.13. The van der Waals surface area contributed by atoms with E-state index in [-0.39, 0.29) is 42.2 Å². The third-order valence-corrected chi connectivity index (χ3v) is 3.73. The van der Waals surface area contributed by atoms with E-state index in [2.05, 4.69) is 25.7 Å². The first-order chi connectivity index (χ1) is 13.0. The van der Waals surface area contributed by atoms with Crippen molar-refractivity contribution >= 4 is 35.8 Å². The number of carbonyl (C=O) groups is 1. The largest absolute Gasteiger partial charge is 0.434 e. The summed E-state index contributed by atoms with van der Waals surface area (Å²) in [6, 6.07) is 13.8. The maximum absolute atomic E-state index is 12.5. The highest BCUT2D eigenvalue weighted by Gasteiger charge is 2.10. The van der Waals surface area contributed by atoms with Gasteiger partial charge >= 0.3 is 6.61 Å². The molecule has 0 aliphatic rings. The van der Waals surface area contributed by atoms with Gasteiger partial charge in [-0.25, -0.2) is 0 Å². The van der Waals surface area contributed by atoms with E-state index in [1.165, 1.54) is 6.07 Å². The SMILES string of the molecule is CN=C(NCc1cccc(C(=O)NC)c1)NCc1ccccc1OC(F)F.I. The molecular formula is C19H23F2IN4O2. The molecule has 0 unspecified atom stereocenters. The number of halogens is 3. The van der Waals surface area contributed by atoms with Crippen LogP contribution in [-0.2, 0) is 13.1 Å². The van der Waals surface area contributed by atoms with Crippen LogP contribution in [0.25, 0.3) is 0 Å². The molecule has 2 rings (SSSR count). The molecule has 2 aromatic rings. The molecule has 6 nitrogen and oxygen atoms in total. The number of ether oxygens (including phenoxy) is 1. The fourth-order valence-electron chi connectivity index (χ4n) is 2.41. The Bertz CT molecular complexity index is 803. The van der Waals surface area contributed by atoms with Gasteiger partial charge in [-0.1, -0.05) is 30.3 Å². The second-order valence-corrected chi connectivity index (χ2v) is 5.55. The maximum Gasteiger partial charge on any atom is 0.387 e. The van der Waals surface area contributed by atoms with Crippen molar-refractivity contribution in [3.63, 3.8) is 0 Å². The molecular weight excluding hydrogens is 481 g/mol. The van der Waals surface area contributed by atoms with Crippen molar-refractivity contribution < 1.29 is 18.3 Å². The highest BCUT2D eigenvalue weighted by molar-refractivity contribution is 14.0. The lowest BCUT2D eigenvalue weighted by molar-refractivity contribution is -0.0504. The zero-order valence-electron chi connectivity index (χ0n) is 15.5. The molecule has 0 atom stereocenters. The van der Waals surface area contributed by atoms with E-state index in [0.717, 1.165) is 5.56 Å². The number of nitrogens with one attached hydrogen (secondary N) is 3. The van der Waals surface area contributed by atoms with Crippen molar-refractivity contribution in [2.45, 2.75) is 19.7 Å². The summed E-state index contributed by atoms with van der Waals surface area (Å²) in [7, 11) is 3.19. The van der Waals surface area contributed by atoms with Crippen LogP contribution in [0.4, 0.5) is 8.78 Å². The normalized spacial score (nSPS) is 10.8. The Hall–Kier alpha value is -2.43. The molecule has 0 radical (unpaired) electrons. The Morgan fingerprint density at radius 3 is 2.50 bits per heavy atom. The second-order valence-electron chi connectivity index (χ2n) is 5.55. The quantitative estimate of drug-likeness (QED) is 0.308. The van der Waals surface area contributed by atoms with Gasteiger partial charge in [-0.15, -0.1) is 24.0 Å². The number of amides is 1. The molecule has 28 heavy (non-hydrogen) atoms. The van der Waals surface area contributed by atoms with Crippen LogP contribution in [0, 0.1) is 0 Å². The number of hydrogen-bond donors (Lipinski definition) is 3. The third kappa shape index (κ3) is 7.29. The van der Waals surface area contributed by atoms with Gasteiger partial charge in [0.2, 0.25) is 0 Å². The Morgan fingerprint density at radius 2 is 1.82 bits per heavy atom. The van der Waals surface area contributed by atoms with Gasteiger partial charge < -0.3 is 20.7 Å². The molecule has 0 spiro atoms. The first kappa shape index (κ1) is 23.6. The number of hydrogen-bond acceptors (Lipinski definition) is 3. The van der Waals surface area contributed by atoms with Gasteiger partial charge in [0.25, 0.3) is 5.91 Å². The molecule has 152 valence electrons. The fraction of sp³-hybridized carbons (Fsp3) is 0.263. The summed E-state index contributed by atoms with van der Waals surface area (Å²) in [5, 5.41) is 8.75. The van der Waals surface area contributed by atoms with Gasteiger partial charge in [-0.3, -0.25) is 9.79 Å². The third-order valence-electron chi connectivity index (χ3n) is 3.73. The molecule has 0 heterocycles. The van der Waals surface area contributed by atoms with Gasteiger partial charge in [0.15, 0.2) is 5.96 Å². The van der Waals surface area contributed by atoms with E-state index in [9.17, 15) is 13.6 Å². The smallest absolute Gasteiger partial charge is 0.387 e. The summed E-state index contributed by atoms with van der Waals surface area (Å²) >= 11 is 0. The van der Waals surface area contributed by atoms with Gasteiger partial charge in [0, 0.05) is 38.3 Å². The Balaban J connectivity index is 0.00000392. The zero-order valence-corrected chi connectivity index (χ0v) is 17.9. The lowest BCUT2D eigenvalue weighted by Crippen LogP contribution is -2.36. The minimum absolute atomic E-state index is 0. The van der Waals surface area contributed by atoms with Crippen molar-refractivity contribution in [1.29, 1.82) is 0 Å². The molecule has 9 heteroatoms. The molecule has 0 aliphatic heterocycles. The van der Waals surface area contributed by atoms with Crippen molar-refractivity contribution in [3.8, 4) is 5.75 Å². The molecule has 0 aliphatic carbocycles. The summed E-state index contributed by atoms with van der Waals surface area (Å²) in [5.41, 5.74) is 2.06. The van der Waals surface area contributed by atoms with E-state index < -0.39 is 6.61 Å². The minimum Gasteiger partial charge on any atom is -0.434 e. The molecule has 3 N–H and O–H groups in total. The van der Waals surface area contributed by atoms with Crippen molar-refractivity contribution in [3.05, 3.63) is 65.2 Å². The number of alkyl halides is 2. The van der Waals surface area contributed by atoms with E-state index in [0.29, 0.717) is 23.6 Å². The summed E-state index contributed by atoms with van der Waals surface area (Å²) in [6.07, 6.45) is 0. The summed E-state index contributed by atoms with van der Waals surface area (Å²) in [4.78, 5) is 15.8. The van der Waals surface area contributed by atoms with Crippen LogP contribution in [0.3, 0.4) is 0 Å². The van der Waals surface area contributed by atoms with Crippen LogP contribution >= 0.6 is 24.0 Å². The molecule has 0 aromatic heterocycles. The van der Waals surface area contributed by atoms with Crippen LogP contribution in [-0.4, -0.2) is 32.6 Å². The lowest BCUT2D eigenvalue weighted by atomic mass is 10.1. The van der Waals surface area contributed by atoms with Crippen LogP contribution in [0.2, 0.25) is 0 Å². The summed E-state index contributed by atoms with van der Waals surface area (Å²) < 4.78 is 29.5. The van der Waals surface area contributed by atoms with Crippen LogP contribution < -0.4 is 20.7 Å². The van der Waals surface area contributed by atoms with Crippen LogP contribution in [0.1, 0.15) is 21.5 Å². The van der Waals surface area contributed by atoms with E-state index in [1.807, 2.05) is 6.07 Å². The number of carbonyl (C=O) groups excluding carboxylic acids is 1. The maximum atomic E-state index is 12.5. The monoisotopic (exact) mass is 504 g/mol. The van der Waals surface area contributed by atoms with E-state index in [1.54, 1.807) is 50.5 Å². The van der Waals surface area contributed by atoms with Gasteiger partial charge in [0.1, 0.15) is 5.75 Å². The van der Waals surface area contributed by atoms with Crippen molar-refractivity contribution in [1.82, 2.24) is 16.0 Å². The number of para-hydroxylation sites is 1. The van der Waals surface area contributed by atoms with Gasteiger partial charge in [-0.05, 0) is 23.8 Å². The van der Waals surface area contributed by atoms with E-state index in [4.69, 9.17) is 0 Å². The lowest BCUT2D eigenvalue weighted by Gasteiger charge is -2.14. The number of rotatable bonds is 7. The average molecular weight is 504 g/mol. The summed E-state index contributed by atoms with van der Waals surface area (Å²) in [5.74, 6) is 0.455. The average Bonchev–Trinajstić information content (AvgIpc) is 2.68. The highest BCUT2D eigenvalue weighted by Crippen LogP contribution is 2.19. The molecule has 0 bridgehead atoms. The Labute approximate surface area is 179 Å². The Kier molecular flexibility index (Phi) is 10.2. The predicted molar refractivity (Wildman–Crippen MR) is 115 cm³/mol. The number of benzene rings is 2. The van der Waals surface area contributed by atoms with Crippen LogP contribution in [0.5, 0.6) is 5.75 Å². The topological polar surface area (TPSA) is 74.8 Å². The number of aliphatic imine (C=N–C) groups is 1. The van der Waals surface area contributed by atoms with Crippen LogP contribution in [0.15, 0.2) is 53.5 Å². The molecule has 0 saturated heterocycles. The number of guanidine groups is 1. The Morgan fingerprint density at radius 1 is 1.11 bits per heavy atom. The summed E-state index contributed by atoms with van der Waals surface area (Å²) in [6.45, 7) is -2.17. The fourth-order valence-corrected chi connectivity index (χ4v) is 2.41. The zero-order chi connectivity index (χ0) is 19.6. The van der Waals surface area contributed by atoms with Gasteiger partial charge in [0.05, 0.1) is 0 Å². The minimum atomic E-state index is -2.88. The standard InChI is InChI=1S/C19H22F2N4O2.HI/c1-22-17(26)14-8-5-6-13(10-14)11-24-19(23-2)25-12-15-7-3-4-9-16(15)27-18(20)21;/h3-10,18H,11-12H2,1-2H3,(H,22,26)(H2,23,24,25);1H. The molecule has 0 fully saturated rings. The number of nitrogens with zero attached hydrogens (tertiary/aromatic N) is 1. The van der Waals surface area contributed by atoms with Crippen molar-refractivity contribution in [2.75, 3.05) is 14.1 Å². The second kappa shape index (κ2) is 12.1. The molecule has 2 aromatic carbocycles.